The van der Waals surface area contributed by atoms with Gasteiger partial charge in [0, 0.05) is 10.2 Å². The summed E-state index contributed by atoms with van der Waals surface area (Å²) in [6, 6.07) is 2.61. The Morgan fingerprint density at radius 3 is 2.44 bits per heavy atom. The van der Waals surface area contributed by atoms with E-state index in [4.69, 9.17) is 0 Å². The normalized spacial score (nSPS) is 16.1. The minimum absolute atomic E-state index is 0.0221. The molecule has 1 aliphatic rings. The van der Waals surface area contributed by atoms with Gasteiger partial charge in [-0.25, -0.2) is 4.79 Å². The number of amides is 3. The minimum atomic E-state index is -4.53. The van der Waals surface area contributed by atoms with E-state index in [1.807, 2.05) is 5.32 Å². The van der Waals surface area contributed by atoms with Crippen LogP contribution in [0, 0.1) is 0 Å². The van der Waals surface area contributed by atoms with Crippen LogP contribution >= 0.6 is 15.9 Å². The van der Waals surface area contributed by atoms with Crippen LogP contribution in [0.2, 0.25) is 0 Å². The first-order chi connectivity index (χ1) is 8.29. The van der Waals surface area contributed by atoms with Crippen molar-refractivity contribution in [2.45, 2.75) is 6.18 Å². The summed E-state index contributed by atoms with van der Waals surface area (Å²) in [5.41, 5.74) is -0.874. The molecule has 96 valence electrons. The number of hydrogen-bond donors (Lipinski definition) is 1. The van der Waals surface area contributed by atoms with E-state index < -0.39 is 23.7 Å². The fraction of sp³-hybridized carbons (Fsp3) is 0.200. The van der Waals surface area contributed by atoms with E-state index in [1.165, 1.54) is 12.1 Å². The van der Waals surface area contributed by atoms with E-state index in [2.05, 4.69) is 15.9 Å². The molecule has 8 heteroatoms. The predicted octanol–water partition coefficient (Wildman–Crippen LogP) is 2.52. The first-order valence-electron chi connectivity index (χ1n) is 4.77. The van der Waals surface area contributed by atoms with Gasteiger partial charge in [0.2, 0.25) is 5.91 Å². The van der Waals surface area contributed by atoms with Crippen molar-refractivity contribution in [2.24, 2.45) is 0 Å². The molecule has 1 aromatic rings. The van der Waals surface area contributed by atoms with Crippen LogP contribution in [-0.2, 0) is 11.0 Å². The lowest BCUT2D eigenvalue weighted by Crippen LogP contribution is -2.28. The molecule has 1 N–H and O–H groups in total. The van der Waals surface area contributed by atoms with Crippen LogP contribution in [0.4, 0.5) is 23.7 Å². The van der Waals surface area contributed by atoms with Crippen LogP contribution in [0.25, 0.3) is 0 Å². The van der Waals surface area contributed by atoms with Gasteiger partial charge in [-0.3, -0.25) is 15.0 Å². The highest BCUT2D eigenvalue weighted by atomic mass is 79.9. The Bertz CT molecular complexity index is 530. The Hall–Kier alpha value is -1.57. The second-order valence-electron chi connectivity index (χ2n) is 3.60. The van der Waals surface area contributed by atoms with E-state index in [0.717, 1.165) is 11.0 Å². The van der Waals surface area contributed by atoms with E-state index in [9.17, 15) is 22.8 Å². The molecule has 1 aliphatic heterocycles. The first kappa shape index (κ1) is 12.9. The Morgan fingerprint density at radius 1 is 1.28 bits per heavy atom. The largest absolute Gasteiger partial charge is 0.417 e. The topological polar surface area (TPSA) is 49.4 Å². The number of rotatable bonds is 1. The number of carbonyl (C=O) groups is 2. The molecular weight excluding hydrogens is 317 g/mol. The lowest BCUT2D eigenvalue weighted by Gasteiger charge is -2.16. The highest BCUT2D eigenvalue weighted by molar-refractivity contribution is 9.10. The maximum absolute atomic E-state index is 12.7. The molecule has 1 heterocycles. The molecule has 4 nitrogen and oxygen atoms in total. The van der Waals surface area contributed by atoms with Gasteiger partial charge in [-0.05, 0) is 18.2 Å². The zero-order valence-electron chi connectivity index (χ0n) is 8.71. The number of carbonyl (C=O) groups excluding carboxylic acids is 2. The third-order valence-electron chi connectivity index (χ3n) is 2.36. The van der Waals surface area contributed by atoms with Gasteiger partial charge in [-0.1, -0.05) is 15.9 Å². The van der Waals surface area contributed by atoms with Gasteiger partial charge in [0.05, 0.1) is 5.56 Å². The molecule has 0 spiro atoms. The van der Waals surface area contributed by atoms with Gasteiger partial charge in [-0.2, -0.15) is 13.2 Å². The third-order valence-corrected chi connectivity index (χ3v) is 3.05. The lowest BCUT2D eigenvalue weighted by atomic mass is 10.2. The summed E-state index contributed by atoms with van der Waals surface area (Å²) in [5.74, 6) is -0.545. The van der Waals surface area contributed by atoms with Crippen LogP contribution in [0.15, 0.2) is 22.7 Å². The number of imide groups is 1. The van der Waals surface area contributed by atoms with Crippen molar-refractivity contribution in [3.05, 3.63) is 28.2 Å². The van der Waals surface area contributed by atoms with Crippen LogP contribution in [0.3, 0.4) is 0 Å². The van der Waals surface area contributed by atoms with Gasteiger partial charge in [0.25, 0.3) is 0 Å². The molecule has 0 unspecified atom stereocenters. The molecule has 0 aliphatic carbocycles. The van der Waals surface area contributed by atoms with Crippen LogP contribution in [-0.4, -0.2) is 18.5 Å². The quantitative estimate of drug-likeness (QED) is 0.808. The molecule has 0 atom stereocenters. The Labute approximate surface area is 108 Å². The summed E-state index contributed by atoms with van der Waals surface area (Å²) in [7, 11) is 0. The van der Waals surface area contributed by atoms with Crippen LogP contribution in [0.5, 0.6) is 0 Å². The van der Waals surface area contributed by atoms with Gasteiger partial charge in [0.1, 0.15) is 6.54 Å². The molecule has 1 saturated heterocycles. The van der Waals surface area contributed by atoms with Crippen molar-refractivity contribution in [1.82, 2.24) is 5.32 Å². The summed E-state index contributed by atoms with van der Waals surface area (Å²) >= 11 is 2.80. The van der Waals surface area contributed by atoms with Gasteiger partial charge in [0.15, 0.2) is 0 Å². The Balaban J connectivity index is 2.42. The van der Waals surface area contributed by atoms with Crippen molar-refractivity contribution in [1.29, 1.82) is 0 Å². The summed E-state index contributed by atoms with van der Waals surface area (Å²) in [4.78, 5) is 23.3. The molecule has 0 saturated carbocycles. The van der Waals surface area contributed by atoms with Crippen molar-refractivity contribution >= 4 is 33.6 Å². The smallest absolute Gasteiger partial charge is 0.285 e. The van der Waals surface area contributed by atoms with E-state index in [1.54, 1.807) is 0 Å². The summed E-state index contributed by atoms with van der Waals surface area (Å²) in [5, 5.41) is 1.99. The van der Waals surface area contributed by atoms with Crippen LogP contribution < -0.4 is 10.2 Å². The summed E-state index contributed by atoms with van der Waals surface area (Å²) < 4.78 is 37.9. The fourth-order valence-electron chi connectivity index (χ4n) is 1.55. The maximum atomic E-state index is 12.7. The second kappa shape index (κ2) is 4.27. The number of alkyl halides is 3. The average Bonchev–Trinajstić information content (AvgIpc) is 2.57. The Kier molecular flexibility index (Phi) is 3.05. The summed E-state index contributed by atoms with van der Waals surface area (Å²) in [6.45, 7) is -0.280. The lowest BCUT2D eigenvalue weighted by molar-refractivity contribution is -0.138. The van der Waals surface area contributed by atoms with Gasteiger partial charge in [-0.15, -0.1) is 0 Å². The van der Waals surface area contributed by atoms with Gasteiger partial charge < -0.3 is 0 Å². The highest BCUT2D eigenvalue weighted by Crippen LogP contribution is 2.37. The zero-order chi connectivity index (χ0) is 13.5. The molecule has 3 amide bonds. The number of urea groups is 1. The van der Waals surface area contributed by atoms with Crippen LogP contribution in [0.1, 0.15) is 5.56 Å². The fourth-order valence-corrected chi connectivity index (χ4v) is 2.02. The first-order valence-corrected chi connectivity index (χ1v) is 5.56. The van der Waals surface area contributed by atoms with E-state index >= 15 is 0 Å². The highest BCUT2D eigenvalue weighted by Gasteiger charge is 2.35. The Morgan fingerprint density at radius 2 is 1.94 bits per heavy atom. The predicted molar refractivity (Wildman–Crippen MR) is 60.0 cm³/mol. The molecule has 18 heavy (non-hydrogen) atoms. The number of hydrogen-bond acceptors (Lipinski definition) is 2. The molecular formula is C10H6BrF3N2O2. The molecule has 1 aromatic carbocycles. The summed E-state index contributed by atoms with van der Waals surface area (Å²) in [6.07, 6.45) is -4.53. The third kappa shape index (κ3) is 2.33. The zero-order valence-corrected chi connectivity index (χ0v) is 10.3. The van der Waals surface area contributed by atoms with E-state index in [0.29, 0.717) is 0 Å². The van der Waals surface area contributed by atoms with E-state index in [-0.39, 0.29) is 16.7 Å². The number of benzene rings is 1. The van der Waals surface area contributed by atoms with Crippen molar-refractivity contribution in [3.8, 4) is 0 Å². The second-order valence-corrected chi connectivity index (χ2v) is 4.46. The molecule has 1 fully saturated rings. The minimum Gasteiger partial charge on any atom is -0.285 e. The number of halogens is 4. The SMILES string of the molecule is O=C1CN(c2ccc(Br)c(C(F)(F)F)c2)C(=O)N1. The van der Waals surface area contributed by atoms with Crippen molar-refractivity contribution < 1.29 is 22.8 Å². The molecule has 0 bridgehead atoms. The molecule has 0 aromatic heterocycles. The number of nitrogens with one attached hydrogen (secondary N) is 1. The van der Waals surface area contributed by atoms with Gasteiger partial charge >= 0.3 is 12.2 Å². The number of anilines is 1. The monoisotopic (exact) mass is 322 g/mol. The molecule has 2 rings (SSSR count). The number of nitrogens with zero attached hydrogens (tertiary/aromatic N) is 1. The average molecular weight is 323 g/mol. The molecule has 0 radical (unpaired) electrons. The standard InChI is InChI=1S/C10H6BrF3N2O2/c11-7-2-1-5(3-6(7)10(12,13)14)16-4-8(17)15-9(16)18/h1-3H,4H2,(H,15,17,18). The van der Waals surface area contributed by atoms with Crippen molar-refractivity contribution in [2.75, 3.05) is 11.4 Å². The maximum Gasteiger partial charge on any atom is 0.417 e. The van der Waals surface area contributed by atoms with Crippen molar-refractivity contribution in [3.63, 3.8) is 0 Å².